The highest BCUT2D eigenvalue weighted by atomic mass is 32.1. The molecule has 0 aliphatic rings. The molecule has 0 atom stereocenters. The number of thiophene rings is 1. The van der Waals surface area contributed by atoms with Crippen LogP contribution in [0.3, 0.4) is 0 Å². The number of benzene rings is 1. The predicted octanol–water partition coefficient (Wildman–Crippen LogP) is 4.62. The molecule has 0 aliphatic heterocycles. The highest BCUT2D eigenvalue weighted by Gasteiger charge is 2.22. The zero-order valence-electron chi connectivity index (χ0n) is 19.9. The van der Waals surface area contributed by atoms with Crippen molar-refractivity contribution in [2.75, 3.05) is 33.9 Å². The number of rotatable bonds is 13. The van der Waals surface area contributed by atoms with Crippen molar-refractivity contribution in [3.05, 3.63) is 46.2 Å². The highest BCUT2D eigenvalue weighted by molar-refractivity contribution is 7.09. The second-order valence-electron chi connectivity index (χ2n) is 8.25. The van der Waals surface area contributed by atoms with Gasteiger partial charge in [-0.05, 0) is 47.9 Å². The van der Waals surface area contributed by atoms with Crippen LogP contribution in [0.4, 0.5) is 0 Å². The molecular formula is C25H36N2O4S. The molecule has 0 unspecified atom stereocenters. The van der Waals surface area contributed by atoms with Gasteiger partial charge in [-0.2, -0.15) is 0 Å². The Hall–Kier alpha value is -2.54. The highest BCUT2D eigenvalue weighted by Crippen LogP contribution is 2.28. The number of methoxy groups -OCH3 is 2. The first-order valence-corrected chi connectivity index (χ1v) is 12.0. The summed E-state index contributed by atoms with van der Waals surface area (Å²) in [6.45, 7) is 7.93. The maximum atomic E-state index is 13.3. The minimum atomic E-state index is -0.0241. The summed E-state index contributed by atoms with van der Waals surface area (Å²) in [7, 11) is 3.23. The quantitative estimate of drug-likeness (QED) is 0.438. The summed E-state index contributed by atoms with van der Waals surface area (Å²) in [6, 6.07) is 9.85. The van der Waals surface area contributed by atoms with Crippen molar-refractivity contribution in [1.29, 1.82) is 0 Å². The Labute approximate surface area is 196 Å². The van der Waals surface area contributed by atoms with Crippen molar-refractivity contribution in [2.45, 2.75) is 46.6 Å². The van der Waals surface area contributed by atoms with Crippen LogP contribution in [0.1, 0.15) is 44.1 Å². The predicted molar refractivity (Wildman–Crippen MR) is 129 cm³/mol. The van der Waals surface area contributed by atoms with Crippen LogP contribution in [0.25, 0.3) is 0 Å². The van der Waals surface area contributed by atoms with E-state index in [2.05, 4.69) is 13.8 Å². The van der Waals surface area contributed by atoms with E-state index < -0.39 is 0 Å². The molecule has 0 spiro atoms. The molecule has 2 amide bonds. The largest absolute Gasteiger partial charge is 0.493 e. The summed E-state index contributed by atoms with van der Waals surface area (Å²) < 4.78 is 10.7. The first kappa shape index (κ1) is 25.7. The van der Waals surface area contributed by atoms with Crippen molar-refractivity contribution in [3.63, 3.8) is 0 Å². The van der Waals surface area contributed by atoms with Crippen molar-refractivity contribution in [2.24, 2.45) is 5.92 Å². The average Bonchev–Trinajstić information content (AvgIpc) is 3.28. The van der Waals surface area contributed by atoms with Crippen molar-refractivity contribution in [3.8, 4) is 11.5 Å². The minimum absolute atomic E-state index is 0.0241. The van der Waals surface area contributed by atoms with Gasteiger partial charge in [0.15, 0.2) is 11.5 Å². The number of amides is 2. The van der Waals surface area contributed by atoms with Gasteiger partial charge in [0.2, 0.25) is 11.8 Å². The van der Waals surface area contributed by atoms with Crippen LogP contribution >= 0.6 is 11.3 Å². The average molecular weight is 461 g/mol. The SMILES string of the molecule is CCCC(=O)N(CC(=O)N(CCc1ccc(OC)c(OC)c1)Cc1cccs1)CC(C)C. The maximum Gasteiger partial charge on any atom is 0.242 e. The number of ether oxygens (including phenoxy) is 2. The van der Waals surface area contributed by atoms with E-state index in [0.717, 1.165) is 16.9 Å². The van der Waals surface area contributed by atoms with E-state index in [-0.39, 0.29) is 18.4 Å². The molecular weight excluding hydrogens is 424 g/mol. The summed E-state index contributed by atoms with van der Waals surface area (Å²) in [5, 5.41) is 2.02. The lowest BCUT2D eigenvalue weighted by Crippen LogP contribution is -2.44. The molecule has 1 aromatic carbocycles. The Bertz CT molecular complexity index is 852. The van der Waals surface area contributed by atoms with E-state index >= 15 is 0 Å². The zero-order valence-corrected chi connectivity index (χ0v) is 20.7. The number of hydrogen-bond acceptors (Lipinski definition) is 5. The normalized spacial score (nSPS) is 10.8. The Kier molecular flexibility index (Phi) is 10.5. The molecule has 0 saturated heterocycles. The van der Waals surface area contributed by atoms with Gasteiger partial charge in [-0.3, -0.25) is 9.59 Å². The minimum Gasteiger partial charge on any atom is -0.493 e. The van der Waals surface area contributed by atoms with E-state index in [1.165, 1.54) is 0 Å². The molecule has 0 aliphatic carbocycles. The van der Waals surface area contributed by atoms with Crippen LogP contribution in [0.5, 0.6) is 11.5 Å². The van der Waals surface area contributed by atoms with Gasteiger partial charge in [0, 0.05) is 24.4 Å². The summed E-state index contributed by atoms with van der Waals surface area (Å²) in [4.78, 5) is 30.6. The number of nitrogens with zero attached hydrogens (tertiary/aromatic N) is 2. The van der Waals surface area contributed by atoms with Gasteiger partial charge in [-0.25, -0.2) is 0 Å². The first-order valence-electron chi connectivity index (χ1n) is 11.2. The third-order valence-electron chi connectivity index (χ3n) is 5.13. The van der Waals surface area contributed by atoms with E-state index in [0.29, 0.717) is 49.9 Å². The van der Waals surface area contributed by atoms with Crippen LogP contribution in [0.15, 0.2) is 35.7 Å². The van der Waals surface area contributed by atoms with E-state index in [4.69, 9.17) is 9.47 Å². The molecule has 2 rings (SSSR count). The van der Waals surface area contributed by atoms with Gasteiger partial charge in [0.1, 0.15) is 0 Å². The molecule has 0 N–H and O–H groups in total. The lowest BCUT2D eigenvalue weighted by Gasteiger charge is -2.28. The van der Waals surface area contributed by atoms with E-state index in [1.54, 1.807) is 30.5 Å². The van der Waals surface area contributed by atoms with Crippen molar-refractivity contribution < 1.29 is 19.1 Å². The smallest absolute Gasteiger partial charge is 0.242 e. The molecule has 0 saturated carbocycles. The Morgan fingerprint density at radius 2 is 1.78 bits per heavy atom. The summed E-state index contributed by atoms with van der Waals surface area (Å²) in [5.41, 5.74) is 1.06. The summed E-state index contributed by atoms with van der Waals surface area (Å²) in [5.74, 6) is 1.69. The van der Waals surface area contributed by atoms with Gasteiger partial charge in [0.05, 0.1) is 27.3 Å². The topological polar surface area (TPSA) is 59.1 Å². The van der Waals surface area contributed by atoms with Crippen LogP contribution in [-0.4, -0.2) is 55.5 Å². The molecule has 7 heteroatoms. The second-order valence-corrected chi connectivity index (χ2v) is 9.28. The Morgan fingerprint density at radius 1 is 1.03 bits per heavy atom. The second kappa shape index (κ2) is 13.1. The third-order valence-corrected chi connectivity index (χ3v) is 5.99. The fraction of sp³-hybridized carbons (Fsp3) is 0.520. The van der Waals surface area contributed by atoms with Gasteiger partial charge >= 0.3 is 0 Å². The van der Waals surface area contributed by atoms with E-state index in [1.807, 2.05) is 47.5 Å². The standard InChI is InChI=1S/C25H36N2O4S/c1-6-8-24(28)27(16-19(2)3)18-25(29)26(17-21-9-7-14-32-21)13-12-20-10-11-22(30-4)23(15-20)31-5/h7,9-11,14-15,19H,6,8,12-13,16-18H2,1-5H3. The fourth-order valence-electron chi connectivity index (χ4n) is 3.51. The zero-order chi connectivity index (χ0) is 23.5. The van der Waals surface area contributed by atoms with Gasteiger partial charge < -0.3 is 19.3 Å². The molecule has 32 heavy (non-hydrogen) atoms. The molecule has 176 valence electrons. The van der Waals surface area contributed by atoms with Gasteiger partial charge in [-0.15, -0.1) is 11.3 Å². The molecule has 1 heterocycles. The van der Waals surface area contributed by atoms with Crippen molar-refractivity contribution >= 4 is 23.2 Å². The molecule has 0 bridgehead atoms. The third kappa shape index (κ3) is 7.86. The maximum absolute atomic E-state index is 13.3. The molecule has 0 radical (unpaired) electrons. The summed E-state index contributed by atoms with van der Waals surface area (Å²) in [6.07, 6.45) is 1.93. The van der Waals surface area contributed by atoms with Crippen LogP contribution in [0.2, 0.25) is 0 Å². The van der Waals surface area contributed by atoms with Crippen molar-refractivity contribution in [1.82, 2.24) is 9.80 Å². The fourth-order valence-corrected chi connectivity index (χ4v) is 4.23. The first-order chi connectivity index (χ1) is 15.4. The van der Waals surface area contributed by atoms with E-state index in [9.17, 15) is 9.59 Å². The molecule has 6 nitrogen and oxygen atoms in total. The number of hydrogen-bond donors (Lipinski definition) is 0. The van der Waals surface area contributed by atoms with Gasteiger partial charge in [-0.1, -0.05) is 32.9 Å². The van der Waals surface area contributed by atoms with Gasteiger partial charge in [0.25, 0.3) is 0 Å². The molecule has 2 aromatic rings. The molecule has 0 fully saturated rings. The Morgan fingerprint density at radius 3 is 2.38 bits per heavy atom. The monoisotopic (exact) mass is 460 g/mol. The van der Waals surface area contributed by atoms with Crippen LogP contribution in [0, 0.1) is 5.92 Å². The van der Waals surface area contributed by atoms with Crippen LogP contribution < -0.4 is 9.47 Å². The Balaban J connectivity index is 2.14. The summed E-state index contributed by atoms with van der Waals surface area (Å²) >= 11 is 1.63. The lowest BCUT2D eigenvalue weighted by atomic mass is 10.1. The molecule has 1 aromatic heterocycles. The van der Waals surface area contributed by atoms with Crippen LogP contribution in [-0.2, 0) is 22.6 Å². The number of carbonyl (C=O) groups is 2. The number of carbonyl (C=O) groups excluding carboxylic acids is 2. The lowest BCUT2D eigenvalue weighted by molar-refractivity contribution is -0.141.